The van der Waals surface area contributed by atoms with E-state index >= 15 is 0 Å². The van der Waals surface area contributed by atoms with Crippen molar-refractivity contribution in [2.24, 2.45) is 0 Å². The first-order valence-corrected chi connectivity index (χ1v) is 2.59. The summed E-state index contributed by atoms with van der Waals surface area (Å²) in [4.78, 5) is 13.6. The molecule has 0 aromatic carbocycles. The topological polar surface area (TPSA) is 60.6 Å². The van der Waals surface area contributed by atoms with Crippen molar-refractivity contribution in [1.29, 1.82) is 0 Å². The van der Waals surface area contributed by atoms with Crippen LogP contribution < -0.4 is 11.2 Å². The summed E-state index contributed by atoms with van der Waals surface area (Å²) < 4.78 is 0. The number of carbonyl (C=O) groups excluding carboxylic acids is 1. The van der Waals surface area contributed by atoms with Crippen molar-refractivity contribution in [3.8, 4) is 0 Å². The predicted molar refractivity (Wildman–Crippen MR) is 31.5 cm³/mol. The van der Waals surface area contributed by atoms with Gasteiger partial charge in [-0.05, 0) is 20.8 Å². The average molecular weight is 130 g/mol. The molecule has 1 amide bonds. The van der Waals surface area contributed by atoms with E-state index in [4.69, 9.17) is 5.90 Å². The van der Waals surface area contributed by atoms with Gasteiger partial charge in [0.1, 0.15) is 5.90 Å². The Bertz CT molecular complexity index is 106. The van der Waals surface area contributed by atoms with Crippen LogP contribution in [0.2, 0.25) is 0 Å². The average Bonchev–Trinajstić information content (AvgIpc) is 1.62. The number of hydrogen-bond acceptors (Lipinski definition) is 2. The third kappa shape index (κ3) is 5.10. The minimum Gasteiger partial charge on any atom is -0.315 e. The van der Waals surface area contributed by atoms with Gasteiger partial charge in [-0.1, -0.05) is 0 Å². The molecule has 4 nitrogen and oxygen atoms in total. The van der Waals surface area contributed by atoms with Gasteiger partial charge in [-0.3, -0.25) is 0 Å². The van der Waals surface area contributed by atoms with E-state index in [2.05, 4.69) is 10.2 Å². The summed E-state index contributed by atoms with van der Waals surface area (Å²) in [6, 6.07) is 0. The molecule has 2 radical (unpaired) electrons. The minimum absolute atomic E-state index is 0.361. The molecule has 0 spiro atoms. The lowest BCUT2D eigenvalue weighted by Crippen LogP contribution is -2.40. The van der Waals surface area contributed by atoms with E-state index < -0.39 is 6.09 Å². The molecule has 0 aliphatic heterocycles. The Hall–Kier alpha value is -0.770. The van der Waals surface area contributed by atoms with Crippen LogP contribution in [0, 0.1) is 0 Å². The van der Waals surface area contributed by atoms with E-state index in [9.17, 15) is 4.79 Å². The van der Waals surface area contributed by atoms with E-state index in [1.54, 1.807) is 20.8 Å². The van der Waals surface area contributed by atoms with Gasteiger partial charge < -0.3 is 10.2 Å². The lowest BCUT2D eigenvalue weighted by molar-refractivity contribution is 0.130. The van der Waals surface area contributed by atoms with Crippen molar-refractivity contribution in [1.82, 2.24) is 11.2 Å². The van der Waals surface area contributed by atoms with Crippen LogP contribution in [-0.4, -0.2) is 11.6 Å². The second kappa shape index (κ2) is 2.68. The summed E-state index contributed by atoms with van der Waals surface area (Å²) in [7, 11) is 0. The molecule has 0 aromatic heterocycles. The van der Waals surface area contributed by atoms with Crippen LogP contribution in [0.1, 0.15) is 20.8 Å². The zero-order chi connectivity index (χ0) is 7.49. The van der Waals surface area contributed by atoms with E-state index in [0.29, 0.717) is 0 Å². The standard InChI is InChI=1S/C5H10N2O2/c1-5(2,3)7-4(8)9-6/h1-3H3,(H,7,8). The maximum absolute atomic E-state index is 10.2. The molecule has 0 saturated heterocycles. The zero-order valence-corrected chi connectivity index (χ0v) is 5.76. The van der Waals surface area contributed by atoms with Crippen molar-refractivity contribution < 1.29 is 9.63 Å². The predicted octanol–water partition coefficient (Wildman–Crippen LogP) is 0.495. The molecule has 0 bridgehead atoms. The Labute approximate surface area is 54.3 Å². The highest BCUT2D eigenvalue weighted by atomic mass is 16.7. The molecule has 9 heavy (non-hydrogen) atoms. The molecule has 52 valence electrons. The largest absolute Gasteiger partial charge is 0.429 e. The van der Waals surface area contributed by atoms with Crippen molar-refractivity contribution in [3.63, 3.8) is 0 Å². The van der Waals surface area contributed by atoms with Crippen LogP contribution in [-0.2, 0) is 4.84 Å². The molecule has 0 saturated carbocycles. The van der Waals surface area contributed by atoms with Gasteiger partial charge in [-0.15, -0.1) is 0 Å². The number of rotatable bonds is 0. The fourth-order valence-corrected chi connectivity index (χ4v) is 0.329. The molecule has 0 unspecified atom stereocenters. The highest BCUT2D eigenvalue weighted by molar-refractivity contribution is 5.67. The van der Waals surface area contributed by atoms with Crippen LogP contribution in [0.4, 0.5) is 4.79 Å². The Balaban J connectivity index is 3.60. The number of hydrogen-bond donors (Lipinski definition) is 1. The fourth-order valence-electron chi connectivity index (χ4n) is 0.329. The Morgan fingerprint density at radius 2 is 2.00 bits per heavy atom. The summed E-state index contributed by atoms with van der Waals surface area (Å²) in [6.07, 6.45) is -0.831. The first-order chi connectivity index (χ1) is 3.95. The Kier molecular flexibility index (Phi) is 2.45. The van der Waals surface area contributed by atoms with Gasteiger partial charge in [0.15, 0.2) is 0 Å². The maximum atomic E-state index is 10.2. The SMILES string of the molecule is CC(C)(C)NC(=O)O[N]. The second-order valence-corrected chi connectivity index (χ2v) is 2.75. The van der Waals surface area contributed by atoms with E-state index in [-0.39, 0.29) is 5.54 Å². The monoisotopic (exact) mass is 130 g/mol. The summed E-state index contributed by atoms with van der Waals surface area (Å²) >= 11 is 0. The molecule has 0 aromatic rings. The molecular weight excluding hydrogens is 120 g/mol. The summed E-state index contributed by atoms with van der Waals surface area (Å²) in [5.41, 5.74) is -0.361. The summed E-state index contributed by atoms with van der Waals surface area (Å²) in [6.45, 7) is 5.35. The number of nitrogens with zero attached hydrogens (tertiary/aromatic N) is 1. The molecule has 0 aliphatic carbocycles. The summed E-state index contributed by atoms with van der Waals surface area (Å²) in [5.74, 6) is 7.79. The van der Waals surface area contributed by atoms with Crippen molar-refractivity contribution in [2.75, 3.05) is 0 Å². The van der Waals surface area contributed by atoms with Crippen LogP contribution in [0.15, 0.2) is 0 Å². The van der Waals surface area contributed by atoms with E-state index in [1.165, 1.54) is 0 Å². The van der Waals surface area contributed by atoms with Gasteiger partial charge >= 0.3 is 6.09 Å². The highest BCUT2D eigenvalue weighted by Crippen LogP contribution is 1.97. The van der Waals surface area contributed by atoms with Gasteiger partial charge in [-0.25, -0.2) is 4.79 Å². The van der Waals surface area contributed by atoms with Gasteiger partial charge in [0.05, 0.1) is 0 Å². The molecule has 0 fully saturated rings. The van der Waals surface area contributed by atoms with Gasteiger partial charge in [0.2, 0.25) is 0 Å². The maximum Gasteiger partial charge on any atom is 0.429 e. The minimum atomic E-state index is -0.831. The molecule has 1 N–H and O–H groups in total. The van der Waals surface area contributed by atoms with Crippen LogP contribution >= 0.6 is 0 Å². The van der Waals surface area contributed by atoms with Crippen molar-refractivity contribution in [2.45, 2.75) is 26.3 Å². The van der Waals surface area contributed by atoms with Crippen LogP contribution in [0.3, 0.4) is 0 Å². The number of carbonyl (C=O) groups is 1. The van der Waals surface area contributed by atoms with Gasteiger partial charge in [-0.2, -0.15) is 0 Å². The lowest BCUT2D eigenvalue weighted by Gasteiger charge is -2.17. The number of amides is 1. The smallest absolute Gasteiger partial charge is 0.315 e. The van der Waals surface area contributed by atoms with Gasteiger partial charge in [0.25, 0.3) is 0 Å². The Morgan fingerprint density at radius 3 is 2.11 bits per heavy atom. The quantitative estimate of drug-likeness (QED) is 0.485. The van der Waals surface area contributed by atoms with Crippen LogP contribution in [0.5, 0.6) is 0 Å². The third-order valence-corrected chi connectivity index (χ3v) is 0.560. The van der Waals surface area contributed by atoms with Crippen LogP contribution in [0.25, 0.3) is 0 Å². The van der Waals surface area contributed by atoms with E-state index in [0.717, 1.165) is 0 Å². The normalized spacial score (nSPS) is 10.7. The Morgan fingerprint density at radius 1 is 1.56 bits per heavy atom. The third-order valence-electron chi connectivity index (χ3n) is 0.560. The lowest BCUT2D eigenvalue weighted by atomic mass is 10.1. The van der Waals surface area contributed by atoms with Crippen molar-refractivity contribution in [3.05, 3.63) is 0 Å². The summed E-state index contributed by atoms with van der Waals surface area (Å²) in [5, 5.41) is 2.36. The van der Waals surface area contributed by atoms with E-state index in [1.807, 2.05) is 0 Å². The molecule has 0 heterocycles. The fraction of sp³-hybridized carbons (Fsp3) is 0.800. The number of nitrogens with one attached hydrogen (secondary N) is 1. The highest BCUT2D eigenvalue weighted by Gasteiger charge is 2.13. The zero-order valence-electron chi connectivity index (χ0n) is 5.76. The first kappa shape index (κ1) is 8.23. The molecule has 4 heteroatoms. The molecular formula is C5H10N2O2. The second-order valence-electron chi connectivity index (χ2n) is 2.75. The molecule has 0 aliphatic rings. The first-order valence-electron chi connectivity index (χ1n) is 2.59. The van der Waals surface area contributed by atoms with Crippen molar-refractivity contribution >= 4 is 6.09 Å². The van der Waals surface area contributed by atoms with Gasteiger partial charge in [0, 0.05) is 5.54 Å². The molecule has 0 atom stereocenters. The molecule has 0 rings (SSSR count).